The molecule has 3 aromatic carbocycles. The normalized spacial score (nSPS) is 10.5. The molecule has 0 radical (unpaired) electrons. The van der Waals surface area contributed by atoms with Gasteiger partial charge in [-0.3, -0.25) is 4.79 Å². The minimum atomic E-state index is 0.145. The molecule has 4 rings (SSSR count). The van der Waals surface area contributed by atoms with Gasteiger partial charge in [0.15, 0.2) is 6.29 Å². The van der Waals surface area contributed by atoms with Crippen LogP contribution in [0.3, 0.4) is 0 Å². The number of aldehydes is 1. The Kier molecular flexibility index (Phi) is 6.60. The lowest BCUT2D eigenvalue weighted by atomic mass is 10.0. The monoisotopic (exact) mass is 429 g/mol. The van der Waals surface area contributed by atoms with E-state index in [1.165, 1.54) is 0 Å². The van der Waals surface area contributed by atoms with E-state index < -0.39 is 0 Å². The average molecular weight is 430 g/mol. The van der Waals surface area contributed by atoms with Crippen LogP contribution in [0.25, 0.3) is 11.1 Å². The van der Waals surface area contributed by atoms with E-state index in [4.69, 9.17) is 21.1 Å². The maximum Gasteiger partial charge on any atom is 0.229 e. The molecule has 0 unspecified atom stereocenters. The maximum absolute atomic E-state index is 12.1. The molecule has 154 valence electrons. The molecule has 0 aliphatic carbocycles. The minimum absolute atomic E-state index is 0.145. The Bertz CT molecular complexity index is 1150. The number of rotatable bonds is 8. The largest absolute Gasteiger partial charge is 0.487 e. The third kappa shape index (κ3) is 4.93. The zero-order chi connectivity index (χ0) is 21.5. The predicted molar refractivity (Wildman–Crippen MR) is 122 cm³/mol. The second-order valence-electron chi connectivity index (χ2n) is 6.86. The number of pyridine rings is 1. The van der Waals surface area contributed by atoms with E-state index in [0.717, 1.165) is 16.7 Å². The highest BCUT2D eigenvalue weighted by atomic mass is 35.5. The van der Waals surface area contributed by atoms with Crippen molar-refractivity contribution < 1.29 is 14.3 Å². The van der Waals surface area contributed by atoms with Gasteiger partial charge in [-0.1, -0.05) is 103 Å². The summed E-state index contributed by atoms with van der Waals surface area (Å²) >= 11 is 6.57. The van der Waals surface area contributed by atoms with Crippen molar-refractivity contribution in [1.82, 2.24) is 4.98 Å². The Morgan fingerprint density at radius 3 is 1.81 bits per heavy atom. The Balaban J connectivity index is 1.75. The molecule has 0 N–H and O–H groups in total. The molecule has 0 spiro atoms. The van der Waals surface area contributed by atoms with E-state index in [9.17, 15) is 4.79 Å². The van der Waals surface area contributed by atoms with Gasteiger partial charge in [-0.25, -0.2) is 4.98 Å². The van der Waals surface area contributed by atoms with Crippen LogP contribution in [-0.4, -0.2) is 11.3 Å². The fourth-order valence-electron chi connectivity index (χ4n) is 3.21. The van der Waals surface area contributed by atoms with Crippen molar-refractivity contribution in [3.63, 3.8) is 0 Å². The molecule has 0 atom stereocenters. The smallest absolute Gasteiger partial charge is 0.229 e. The molecule has 0 fully saturated rings. The van der Waals surface area contributed by atoms with E-state index in [-0.39, 0.29) is 29.8 Å². The van der Waals surface area contributed by atoms with Crippen LogP contribution >= 0.6 is 11.6 Å². The summed E-state index contributed by atoms with van der Waals surface area (Å²) in [7, 11) is 0. The van der Waals surface area contributed by atoms with Crippen molar-refractivity contribution in [3.05, 3.63) is 113 Å². The quantitative estimate of drug-likeness (QED) is 0.241. The molecule has 0 aliphatic rings. The fraction of sp³-hybridized carbons (Fsp3) is 0.0769. The van der Waals surface area contributed by atoms with Crippen LogP contribution in [-0.2, 0) is 13.2 Å². The lowest BCUT2D eigenvalue weighted by molar-refractivity contribution is 0.111. The van der Waals surface area contributed by atoms with Gasteiger partial charge in [0.2, 0.25) is 5.88 Å². The molecular weight excluding hydrogens is 410 g/mol. The van der Waals surface area contributed by atoms with Crippen LogP contribution < -0.4 is 9.47 Å². The number of ether oxygens (including phenoxy) is 2. The van der Waals surface area contributed by atoms with Gasteiger partial charge in [-0.2, -0.15) is 0 Å². The third-order valence-electron chi connectivity index (χ3n) is 4.73. The Hall–Kier alpha value is -3.63. The van der Waals surface area contributed by atoms with Crippen molar-refractivity contribution >= 4 is 17.9 Å². The van der Waals surface area contributed by atoms with Gasteiger partial charge < -0.3 is 9.47 Å². The molecule has 0 saturated heterocycles. The summed E-state index contributed by atoms with van der Waals surface area (Å²) in [6, 6.07) is 28.9. The van der Waals surface area contributed by atoms with Gasteiger partial charge in [-0.05, 0) is 16.7 Å². The number of nitrogens with zero attached hydrogens (tertiary/aromatic N) is 1. The van der Waals surface area contributed by atoms with Crippen molar-refractivity contribution in [2.24, 2.45) is 0 Å². The van der Waals surface area contributed by atoms with Gasteiger partial charge >= 0.3 is 0 Å². The van der Waals surface area contributed by atoms with Gasteiger partial charge in [0, 0.05) is 0 Å². The summed E-state index contributed by atoms with van der Waals surface area (Å²) in [5.41, 5.74) is 3.53. The van der Waals surface area contributed by atoms with Gasteiger partial charge in [0.05, 0.1) is 5.56 Å². The summed E-state index contributed by atoms with van der Waals surface area (Å²) in [4.78, 5) is 16.5. The van der Waals surface area contributed by atoms with Gasteiger partial charge in [0.1, 0.15) is 29.7 Å². The minimum Gasteiger partial charge on any atom is -0.487 e. The second kappa shape index (κ2) is 9.92. The Labute approximate surface area is 186 Å². The van der Waals surface area contributed by atoms with E-state index in [2.05, 4.69) is 4.98 Å². The Morgan fingerprint density at radius 2 is 1.26 bits per heavy atom. The molecule has 0 aliphatic heterocycles. The SMILES string of the molecule is O=Cc1c(OCc2ccccc2)nc(Cl)c(-c2ccccc2)c1OCc1ccccc1. The average Bonchev–Trinajstić information content (AvgIpc) is 2.83. The summed E-state index contributed by atoms with van der Waals surface area (Å²) in [5, 5.41) is 0.211. The highest BCUT2D eigenvalue weighted by Gasteiger charge is 2.23. The summed E-state index contributed by atoms with van der Waals surface area (Å²) < 4.78 is 12.0. The molecule has 5 heteroatoms. The molecule has 31 heavy (non-hydrogen) atoms. The van der Waals surface area contributed by atoms with Crippen molar-refractivity contribution in [2.45, 2.75) is 13.2 Å². The molecule has 4 nitrogen and oxygen atoms in total. The lowest BCUT2D eigenvalue weighted by Gasteiger charge is -2.18. The Morgan fingerprint density at radius 1 is 0.742 bits per heavy atom. The molecule has 0 amide bonds. The molecule has 4 aromatic rings. The first kappa shape index (κ1) is 20.6. The number of carbonyl (C=O) groups excluding carboxylic acids is 1. The first-order chi connectivity index (χ1) is 15.3. The standard InChI is InChI=1S/C26H20ClNO3/c27-25-23(21-14-8-3-9-15-21)24(30-17-19-10-4-1-5-11-19)22(16-29)26(28-25)31-18-20-12-6-2-7-13-20/h1-16H,17-18H2. The summed E-state index contributed by atoms with van der Waals surface area (Å²) in [5.74, 6) is 0.500. The van der Waals surface area contributed by atoms with E-state index in [1.54, 1.807) is 0 Å². The van der Waals surface area contributed by atoms with Gasteiger partial charge in [0.25, 0.3) is 0 Å². The van der Waals surface area contributed by atoms with E-state index in [1.807, 2.05) is 91.0 Å². The second-order valence-corrected chi connectivity index (χ2v) is 7.22. The van der Waals surface area contributed by atoms with Crippen molar-refractivity contribution in [3.8, 4) is 22.8 Å². The maximum atomic E-state index is 12.1. The zero-order valence-electron chi connectivity index (χ0n) is 16.7. The molecule has 0 bridgehead atoms. The predicted octanol–water partition coefficient (Wildman–Crippen LogP) is 6.37. The van der Waals surface area contributed by atoms with Gasteiger partial charge in [-0.15, -0.1) is 0 Å². The zero-order valence-corrected chi connectivity index (χ0v) is 17.5. The van der Waals surface area contributed by atoms with E-state index in [0.29, 0.717) is 17.6 Å². The first-order valence-corrected chi connectivity index (χ1v) is 10.2. The summed E-state index contributed by atoms with van der Waals surface area (Å²) in [6.45, 7) is 0.536. The van der Waals surface area contributed by atoms with Crippen LogP contribution in [0.15, 0.2) is 91.0 Å². The van der Waals surface area contributed by atoms with Crippen LogP contribution in [0, 0.1) is 0 Å². The number of benzene rings is 3. The number of hydrogen-bond donors (Lipinski definition) is 0. The number of hydrogen-bond acceptors (Lipinski definition) is 4. The summed E-state index contributed by atoms with van der Waals surface area (Å²) in [6.07, 6.45) is 0.705. The fourth-order valence-corrected chi connectivity index (χ4v) is 3.48. The van der Waals surface area contributed by atoms with Crippen LogP contribution in [0.1, 0.15) is 21.5 Å². The van der Waals surface area contributed by atoms with Crippen molar-refractivity contribution in [1.29, 1.82) is 0 Å². The molecule has 0 saturated carbocycles. The van der Waals surface area contributed by atoms with E-state index >= 15 is 0 Å². The van der Waals surface area contributed by atoms with Crippen molar-refractivity contribution in [2.75, 3.05) is 0 Å². The van der Waals surface area contributed by atoms with Crippen LogP contribution in [0.5, 0.6) is 11.6 Å². The molecule has 1 heterocycles. The lowest BCUT2D eigenvalue weighted by Crippen LogP contribution is -2.06. The number of carbonyl (C=O) groups is 1. The highest BCUT2D eigenvalue weighted by Crippen LogP contribution is 2.41. The van der Waals surface area contributed by atoms with Crippen LogP contribution in [0.4, 0.5) is 0 Å². The number of halogens is 1. The number of aromatic nitrogens is 1. The third-order valence-corrected chi connectivity index (χ3v) is 5.01. The van der Waals surface area contributed by atoms with Crippen LogP contribution in [0.2, 0.25) is 5.15 Å². The topological polar surface area (TPSA) is 48.4 Å². The highest BCUT2D eigenvalue weighted by molar-refractivity contribution is 6.32. The first-order valence-electron chi connectivity index (χ1n) is 9.84. The molecular formula is C26H20ClNO3. The molecule has 1 aromatic heterocycles.